The van der Waals surface area contributed by atoms with Gasteiger partial charge in [-0.1, -0.05) is 13.8 Å². The molecule has 1 aromatic heterocycles. The average molecular weight is 187 g/mol. The van der Waals surface area contributed by atoms with Crippen LogP contribution in [0.1, 0.15) is 19.4 Å². The maximum absolute atomic E-state index is 10.7. The molecule has 0 unspecified atom stereocenters. The van der Waals surface area contributed by atoms with Crippen LogP contribution in [0.4, 0.5) is 0 Å². The van der Waals surface area contributed by atoms with Gasteiger partial charge in [-0.25, -0.2) is 0 Å². The van der Waals surface area contributed by atoms with Crippen molar-refractivity contribution in [1.82, 2.24) is 4.98 Å². The molecule has 0 amide bonds. The summed E-state index contributed by atoms with van der Waals surface area (Å²) in [6.07, 6.45) is 3.14. The number of carboxylic acids is 1. The van der Waals surface area contributed by atoms with Crippen LogP contribution in [0.5, 0.6) is 0 Å². The molecule has 64 valence electrons. The van der Waals surface area contributed by atoms with Crippen LogP contribution in [-0.4, -0.2) is 11.0 Å². The van der Waals surface area contributed by atoms with Gasteiger partial charge in [0.05, 0.1) is 5.97 Å². The Balaban J connectivity index is 0.00000144. The molecular weight excluding hydrogens is 177 g/mol. The van der Waals surface area contributed by atoms with Crippen LogP contribution in [0.15, 0.2) is 24.5 Å². The summed E-state index contributed by atoms with van der Waals surface area (Å²) in [7, 11) is 0. The average Bonchev–Trinajstić information content (AvgIpc) is 2.06. The topological polar surface area (TPSA) is 53.0 Å². The van der Waals surface area contributed by atoms with Crippen LogP contribution in [0.3, 0.4) is 0 Å². The Morgan fingerprint density at radius 1 is 1.38 bits per heavy atom. The predicted octanol–water partition coefficient (Wildman–Crippen LogP) is -2.89. The molecule has 1 heterocycles. The fourth-order valence-electron chi connectivity index (χ4n) is 0.886. The normalized spacial score (nSPS) is 10.3. The largest absolute Gasteiger partial charge is 1.00 e. The summed E-state index contributed by atoms with van der Waals surface area (Å²) in [5.41, 5.74) is -0.236. The molecule has 0 atom stereocenters. The van der Waals surface area contributed by atoms with Crippen molar-refractivity contribution in [2.24, 2.45) is 0 Å². The van der Waals surface area contributed by atoms with E-state index in [-0.39, 0.29) is 29.6 Å². The van der Waals surface area contributed by atoms with Gasteiger partial charge >= 0.3 is 29.6 Å². The van der Waals surface area contributed by atoms with Crippen LogP contribution >= 0.6 is 0 Å². The molecule has 0 N–H and O–H groups in total. The van der Waals surface area contributed by atoms with Gasteiger partial charge in [0.2, 0.25) is 0 Å². The number of nitrogens with zero attached hydrogens (tertiary/aromatic N) is 1. The zero-order valence-electron chi connectivity index (χ0n) is 8.07. The van der Waals surface area contributed by atoms with Crippen molar-refractivity contribution in [3.8, 4) is 0 Å². The van der Waals surface area contributed by atoms with Crippen molar-refractivity contribution in [3.63, 3.8) is 0 Å². The number of carbonyl (C=O) groups excluding carboxylic acids is 1. The number of aromatic nitrogens is 1. The first-order valence-corrected chi connectivity index (χ1v) is 3.67. The van der Waals surface area contributed by atoms with Crippen LogP contribution in [0, 0.1) is 0 Å². The van der Waals surface area contributed by atoms with Gasteiger partial charge < -0.3 is 9.90 Å². The van der Waals surface area contributed by atoms with E-state index in [1.165, 1.54) is 0 Å². The second-order valence-corrected chi connectivity index (χ2v) is 3.15. The molecular formula is C9H10NNaO2. The van der Waals surface area contributed by atoms with Gasteiger partial charge in [-0.15, -0.1) is 0 Å². The van der Waals surface area contributed by atoms with Crippen molar-refractivity contribution in [1.29, 1.82) is 0 Å². The smallest absolute Gasteiger partial charge is 0.549 e. The minimum Gasteiger partial charge on any atom is -0.549 e. The summed E-state index contributed by atoms with van der Waals surface area (Å²) < 4.78 is 0. The summed E-state index contributed by atoms with van der Waals surface area (Å²) in [5, 5.41) is 10.7. The SMILES string of the molecule is CC(C)(C(=O)[O-])c1ccncc1.[Na+]. The molecule has 1 rings (SSSR count). The third kappa shape index (κ3) is 2.79. The molecule has 0 aliphatic carbocycles. The second kappa shape index (κ2) is 4.74. The standard InChI is InChI=1S/C9H11NO2.Na/c1-9(2,8(11)12)7-3-5-10-6-4-7;/h3-6H,1-2H3,(H,11,12);/q;+1/p-1. The van der Waals surface area contributed by atoms with E-state index in [1.54, 1.807) is 38.4 Å². The maximum Gasteiger partial charge on any atom is 1.00 e. The summed E-state index contributed by atoms with van der Waals surface area (Å²) in [6, 6.07) is 3.35. The van der Waals surface area contributed by atoms with Gasteiger partial charge in [0.15, 0.2) is 0 Å². The Bertz CT molecular complexity index is 285. The molecule has 0 saturated heterocycles. The fourth-order valence-corrected chi connectivity index (χ4v) is 0.886. The van der Waals surface area contributed by atoms with E-state index in [0.29, 0.717) is 5.56 Å². The van der Waals surface area contributed by atoms with E-state index < -0.39 is 11.4 Å². The van der Waals surface area contributed by atoms with E-state index in [9.17, 15) is 9.90 Å². The molecule has 0 bridgehead atoms. The number of hydrogen-bond donors (Lipinski definition) is 0. The van der Waals surface area contributed by atoms with Crippen LogP contribution < -0.4 is 34.7 Å². The third-order valence-electron chi connectivity index (χ3n) is 1.91. The number of carbonyl (C=O) groups is 1. The van der Waals surface area contributed by atoms with E-state index in [1.807, 2.05) is 0 Å². The first kappa shape index (κ1) is 12.6. The number of carboxylic acid groups (broad SMARTS) is 1. The minimum absolute atomic E-state index is 0. The van der Waals surface area contributed by atoms with Gasteiger partial charge in [0, 0.05) is 17.8 Å². The Kier molecular flexibility index (Phi) is 4.61. The molecule has 4 heteroatoms. The quantitative estimate of drug-likeness (QED) is 0.467. The van der Waals surface area contributed by atoms with E-state index in [2.05, 4.69) is 4.98 Å². The van der Waals surface area contributed by atoms with Gasteiger partial charge in [-0.2, -0.15) is 0 Å². The Labute approximate surface area is 99.5 Å². The molecule has 13 heavy (non-hydrogen) atoms. The van der Waals surface area contributed by atoms with Crippen molar-refractivity contribution in [2.45, 2.75) is 19.3 Å². The number of pyridine rings is 1. The molecule has 0 fully saturated rings. The summed E-state index contributed by atoms with van der Waals surface area (Å²) in [4.78, 5) is 14.5. The van der Waals surface area contributed by atoms with Crippen LogP contribution in [-0.2, 0) is 10.2 Å². The van der Waals surface area contributed by atoms with E-state index in [0.717, 1.165) is 0 Å². The van der Waals surface area contributed by atoms with Gasteiger partial charge in [-0.3, -0.25) is 4.98 Å². The minimum atomic E-state index is -1.08. The molecule has 0 aliphatic heterocycles. The molecule has 0 aliphatic rings. The molecule has 0 saturated carbocycles. The Morgan fingerprint density at radius 2 is 1.85 bits per heavy atom. The summed E-state index contributed by atoms with van der Waals surface area (Å²) >= 11 is 0. The van der Waals surface area contributed by atoms with Crippen LogP contribution in [0.2, 0.25) is 0 Å². The summed E-state index contributed by atoms with van der Waals surface area (Å²) in [5.74, 6) is -1.08. The molecule has 0 radical (unpaired) electrons. The molecule has 0 aromatic carbocycles. The Hall–Kier alpha value is -0.380. The van der Waals surface area contributed by atoms with Crippen LogP contribution in [0.25, 0.3) is 0 Å². The number of rotatable bonds is 2. The van der Waals surface area contributed by atoms with Crippen molar-refractivity contribution < 1.29 is 39.5 Å². The predicted molar refractivity (Wildman–Crippen MR) is 42.3 cm³/mol. The first-order valence-electron chi connectivity index (χ1n) is 3.67. The molecule has 0 spiro atoms. The summed E-state index contributed by atoms with van der Waals surface area (Å²) in [6.45, 7) is 3.22. The first-order chi connectivity index (χ1) is 5.55. The zero-order valence-corrected chi connectivity index (χ0v) is 10.1. The van der Waals surface area contributed by atoms with Gasteiger partial charge in [-0.05, 0) is 17.7 Å². The van der Waals surface area contributed by atoms with Crippen molar-refractivity contribution in [3.05, 3.63) is 30.1 Å². The maximum atomic E-state index is 10.7. The Morgan fingerprint density at radius 3 is 2.23 bits per heavy atom. The number of aliphatic carboxylic acids is 1. The van der Waals surface area contributed by atoms with Crippen molar-refractivity contribution in [2.75, 3.05) is 0 Å². The number of hydrogen-bond acceptors (Lipinski definition) is 3. The monoisotopic (exact) mass is 187 g/mol. The van der Waals surface area contributed by atoms with Crippen molar-refractivity contribution >= 4 is 5.97 Å². The molecule has 3 nitrogen and oxygen atoms in total. The second-order valence-electron chi connectivity index (χ2n) is 3.15. The van der Waals surface area contributed by atoms with Gasteiger partial charge in [0.25, 0.3) is 0 Å². The van der Waals surface area contributed by atoms with E-state index >= 15 is 0 Å². The third-order valence-corrected chi connectivity index (χ3v) is 1.91. The molecule has 1 aromatic rings. The van der Waals surface area contributed by atoms with Gasteiger partial charge in [0.1, 0.15) is 0 Å². The zero-order chi connectivity index (χ0) is 9.19. The fraction of sp³-hybridized carbons (Fsp3) is 0.333. The van der Waals surface area contributed by atoms with E-state index in [4.69, 9.17) is 0 Å².